The van der Waals surface area contributed by atoms with Crippen LogP contribution in [0, 0.1) is 18.8 Å². The Morgan fingerprint density at radius 2 is 1.76 bits per heavy atom. The summed E-state index contributed by atoms with van der Waals surface area (Å²) in [6, 6.07) is 11.5. The molecule has 0 aliphatic carbocycles. The highest BCUT2D eigenvalue weighted by molar-refractivity contribution is 7.12. The fourth-order valence-corrected chi connectivity index (χ4v) is 2.14. The molecule has 0 amide bonds. The van der Waals surface area contributed by atoms with E-state index >= 15 is 0 Å². The summed E-state index contributed by atoms with van der Waals surface area (Å²) in [5.41, 5.74) is 1.66. The van der Waals surface area contributed by atoms with E-state index in [1.165, 1.54) is 4.88 Å². The highest BCUT2D eigenvalue weighted by Crippen LogP contribution is 2.13. The van der Waals surface area contributed by atoms with E-state index in [1.807, 2.05) is 30.3 Å². The highest BCUT2D eigenvalue weighted by atomic mass is 32.1. The van der Waals surface area contributed by atoms with Crippen molar-refractivity contribution in [3.8, 4) is 11.8 Å². The predicted octanol–water partition coefficient (Wildman–Crippen LogP) is 3.66. The van der Waals surface area contributed by atoms with Gasteiger partial charge in [-0.15, -0.1) is 11.3 Å². The van der Waals surface area contributed by atoms with Crippen molar-refractivity contribution < 1.29 is 4.79 Å². The van der Waals surface area contributed by atoms with Gasteiger partial charge in [-0.2, -0.15) is 0 Å². The molecule has 0 unspecified atom stereocenters. The Balaban J connectivity index is 2.19. The number of ketones is 1. The molecule has 84 valence electrons. The largest absolute Gasteiger partial charge is 0.295 e. The minimum absolute atomic E-state index is 0.0818. The Kier molecular flexibility index (Phi) is 3.41. The van der Waals surface area contributed by atoms with Gasteiger partial charge in [-0.3, -0.25) is 4.79 Å². The Morgan fingerprint density at radius 1 is 1.06 bits per heavy atom. The van der Waals surface area contributed by atoms with Crippen LogP contribution in [0.4, 0.5) is 0 Å². The van der Waals surface area contributed by atoms with Crippen molar-refractivity contribution in [3.05, 3.63) is 57.3 Å². The summed E-state index contributed by atoms with van der Waals surface area (Å²) in [4.78, 5) is 13.4. The molecule has 2 heteroatoms. The number of rotatable bonds is 1. The molecule has 0 spiro atoms. The highest BCUT2D eigenvalue weighted by Gasteiger charge is 1.97. The maximum absolute atomic E-state index is 11.1. The van der Waals surface area contributed by atoms with Gasteiger partial charge in [0.15, 0.2) is 5.78 Å². The van der Waals surface area contributed by atoms with Crippen LogP contribution in [0.3, 0.4) is 0 Å². The molecule has 1 heterocycles. The third-order valence-electron chi connectivity index (χ3n) is 2.36. The molecule has 0 saturated heterocycles. The van der Waals surface area contributed by atoms with E-state index in [1.54, 1.807) is 18.3 Å². The fourth-order valence-electron chi connectivity index (χ4n) is 1.42. The standard InChI is InChI=1S/C15H12OS/c1-11-3-9-15(17-11)10-6-13-4-7-14(8-5-13)12(2)16/h3-5,7-9H,1-2H3. The smallest absolute Gasteiger partial charge is 0.159 e. The predicted molar refractivity (Wildman–Crippen MR) is 71.5 cm³/mol. The normalized spacial score (nSPS) is 9.53. The molecule has 1 aromatic heterocycles. The van der Waals surface area contributed by atoms with Crippen LogP contribution in [0.15, 0.2) is 36.4 Å². The van der Waals surface area contributed by atoms with Crippen molar-refractivity contribution in [2.24, 2.45) is 0 Å². The van der Waals surface area contributed by atoms with Crippen molar-refractivity contribution in [1.82, 2.24) is 0 Å². The van der Waals surface area contributed by atoms with Crippen LogP contribution in [0.2, 0.25) is 0 Å². The Labute approximate surface area is 105 Å². The zero-order chi connectivity index (χ0) is 12.3. The van der Waals surface area contributed by atoms with Crippen molar-refractivity contribution in [1.29, 1.82) is 0 Å². The molecule has 0 aliphatic rings. The SMILES string of the molecule is CC(=O)c1ccc(C#Cc2ccc(C)s2)cc1. The molecule has 0 atom stereocenters. The summed E-state index contributed by atoms with van der Waals surface area (Å²) in [5.74, 6) is 6.29. The van der Waals surface area contributed by atoms with Gasteiger partial charge in [0.1, 0.15) is 0 Å². The fraction of sp³-hybridized carbons (Fsp3) is 0.133. The Bertz CT molecular complexity index is 594. The average molecular weight is 240 g/mol. The summed E-state index contributed by atoms with van der Waals surface area (Å²) < 4.78 is 0. The Hall–Kier alpha value is -1.85. The minimum atomic E-state index is 0.0818. The van der Waals surface area contributed by atoms with Gasteiger partial charge in [-0.05, 0) is 38.1 Å². The molecule has 17 heavy (non-hydrogen) atoms. The first-order valence-electron chi connectivity index (χ1n) is 5.34. The van der Waals surface area contributed by atoms with Crippen LogP contribution in [0.5, 0.6) is 0 Å². The van der Waals surface area contributed by atoms with Crippen LogP contribution in [-0.2, 0) is 0 Å². The Morgan fingerprint density at radius 3 is 2.29 bits per heavy atom. The number of thiophene rings is 1. The third kappa shape index (κ3) is 3.05. The second kappa shape index (κ2) is 4.99. The monoisotopic (exact) mass is 240 g/mol. The number of carbonyl (C=O) groups excluding carboxylic acids is 1. The summed E-state index contributed by atoms with van der Waals surface area (Å²) in [6.45, 7) is 3.63. The molecule has 2 rings (SSSR count). The number of carbonyl (C=O) groups is 1. The van der Waals surface area contributed by atoms with Gasteiger partial charge in [0, 0.05) is 16.0 Å². The molecule has 0 N–H and O–H groups in total. The van der Waals surface area contributed by atoms with E-state index in [0.29, 0.717) is 0 Å². The van der Waals surface area contributed by atoms with E-state index in [2.05, 4.69) is 24.8 Å². The van der Waals surface area contributed by atoms with Crippen LogP contribution in [0.1, 0.15) is 32.6 Å². The van der Waals surface area contributed by atoms with Gasteiger partial charge in [0.25, 0.3) is 0 Å². The number of benzene rings is 1. The summed E-state index contributed by atoms with van der Waals surface area (Å²) in [5, 5.41) is 0. The lowest BCUT2D eigenvalue weighted by Gasteiger charge is -1.94. The summed E-state index contributed by atoms with van der Waals surface area (Å²) in [6.07, 6.45) is 0. The van der Waals surface area contributed by atoms with Crippen LogP contribution >= 0.6 is 11.3 Å². The van der Waals surface area contributed by atoms with E-state index in [0.717, 1.165) is 16.0 Å². The molecular formula is C15H12OS. The quantitative estimate of drug-likeness (QED) is 0.549. The molecule has 0 bridgehead atoms. The maximum atomic E-state index is 11.1. The molecule has 0 aliphatic heterocycles. The topological polar surface area (TPSA) is 17.1 Å². The van der Waals surface area contributed by atoms with Gasteiger partial charge in [0.2, 0.25) is 0 Å². The number of aryl methyl sites for hydroxylation is 1. The zero-order valence-electron chi connectivity index (χ0n) is 9.78. The van der Waals surface area contributed by atoms with Crippen LogP contribution in [0.25, 0.3) is 0 Å². The number of Topliss-reactive ketones (excluding diaryl/α,β-unsaturated/α-hetero) is 1. The van der Waals surface area contributed by atoms with Gasteiger partial charge in [0.05, 0.1) is 4.88 Å². The average Bonchev–Trinajstić information content (AvgIpc) is 2.73. The lowest BCUT2D eigenvalue weighted by molar-refractivity contribution is 0.101. The molecular weight excluding hydrogens is 228 g/mol. The molecule has 0 saturated carbocycles. The van der Waals surface area contributed by atoms with Gasteiger partial charge in [-0.1, -0.05) is 24.0 Å². The maximum Gasteiger partial charge on any atom is 0.159 e. The van der Waals surface area contributed by atoms with E-state index < -0.39 is 0 Å². The molecule has 0 radical (unpaired) electrons. The van der Waals surface area contributed by atoms with E-state index in [4.69, 9.17) is 0 Å². The van der Waals surface area contributed by atoms with Crippen LogP contribution in [-0.4, -0.2) is 5.78 Å². The lowest BCUT2D eigenvalue weighted by Crippen LogP contribution is -1.90. The number of hydrogen-bond donors (Lipinski definition) is 0. The van der Waals surface area contributed by atoms with E-state index in [9.17, 15) is 4.79 Å². The second-order valence-corrected chi connectivity index (χ2v) is 5.08. The molecule has 1 aromatic carbocycles. The first kappa shape index (κ1) is 11.6. The molecule has 2 aromatic rings. The summed E-state index contributed by atoms with van der Waals surface area (Å²) in [7, 11) is 0. The van der Waals surface area contributed by atoms with Gasteiger partial charge >= 0.3 is 0 Å². The van der Waals surface area contributed by atoms with E-state index in [-0.39, 0.29) is 5.78 Å². The third-order valence-corrected chi connectivity index (χ3v) is 3.28. The summed E-state index contributed by atoms with van der Waals surface area (Å²) >= 11 is 1.69. The minimum Gasteiger partial charge on any atom is -0.295 e. The lowest BCUT2D eigenvalue weighted by atomic mass is 10.1. The van der Waals surface area contributed by atoms with Crippen molar-refractivity contribution in [3.63, 3.8) is 0 Å². The molecule has 1 nitrogen and oxygen atoms in total. The second-order valence-electron chi connectivity index (χ2n) is 3.79. The van der Waals surface area contributed by atoms with Gasteiger partial charge in [-0.25, -0.2) is 0 Å². The van der Waals surface area contributed by atoms with Crippen LogP contribution < -0.4 is 0 Å². The van der Waals surface area contributed by atoms with Crippen molar-refractivity contribution >= 4 is 17.1 Å². The first-order chi connectivity index (χ1) is 8.15. The van der Waals surface area contributed by atoms with Gasteiger partial charge < -0.3 is 0 Å². The first-order valence-corrected chi connectivity index (χ1v) is 6.16. The zero-order valence-corrected chi connectivity index (χ0v) is 10.6. The van der Waals surface area contributed by atoms with Crippen molar-refractivity contribution in [2.45, 2.75) is 13.8 Å². The molecule has 0 fully saturated rings. The number of hydrogen-bond acceptors (Lipinski definition) is 2. The van der Waals surface area contributed by atoms with Crippen molar-refractivity contribution in [2.75, 3.05) is 0 Å².